The van der Waals surface area contributed by atoms with Crippen molar-refractivity contribution in [1.29, 1.82) is 0 Å². The maximum atomic E-state index is 5.81. The predicted molar refractivity (Wildman–Crippen MR) is 135 cm³/mol. The number of epoxide rings is 2. The van der Waals surface area contributed by atoms with Gasteiger partial charge in [0.15, 0.2) is 0 Å². The summed E-state index contributed by atoms with van der Waals surface area (Å²) in [6.07, 6.45) is 5.14. The lowest BCUT2D eigenvalue weighted by molar-refractivity contribution is 0.263. The van der Waals surface area contributed by atoms with Crippen LogP contribution < -0.4 is 9.47 Å². The topological polar surface area (TPSA) is 43.5 Å². The van der Waals surface area contributed by atoms with Gasteiger partial charge in [0.2, 0.25) is 0 Å². The fourth-order valence-corrected chi connectivity index (χ4v) is 4.40. The zero-order valence-electron chi connectivity index (χ0n) is 19.4. The average Bonchev–Trinajstić information content (AvgIpc) is 3.79. The lowest BCUT2D eigenvalue weighted by atomic mass is 9.99. The fraction of sp³-hybridized carbons (Fsp3) is 0.333. The van der Waals surface area contributed by atoms with Crippen LogP contribution in [0.4, 0.5) is 0 Å². The van der Waals surface area contributed by atoms with Crippen molar-refractivity contribution in [2.75, 3.05) is 26.4 Å². The molecular formula is C30H30O4. The maximum absolute atomic E-state index is 5.81. The van der Waals surface area contributed by atoms with Crippen molar-refractivity contribution in [2.24, 2.45) is 0 Å². The first-order valence-corrected chi connectivity index (χ1v) is 12.3. The smallest absolute Gasteiger partial charge is 0.120 e. The Hall–Kier alpha value is -3.08. The molecule has 2 unspecified atom stereocenters. The highest BCUT2D eigenvalue weighted by atomic mass is 16.6. The van der Waals surface area contributed by atoms with Gasteiger partial charge in [-0.05, 0) is 82.6 Å². The third-order valence-electron chi connectivity index (χ3n) is 6.61. The quantitative estimate of drug-likeness (QED) is 0.202. The summed E-state index contributed by atoms with van der Waals surface area (Å²) in [6, 6.07) is 26.2. The number of fused-ring (bicyclic) bond motifs is 2. The first kappa shape index (κ1) is 21.5. The maximum Gasteiger partial charge on any atom is 0.120 e. The Morgan fingerprint density at radius 3 is 1.41 bits per heavy atom. The lowest BCUT2D eigenvalue weighted by Gasteiger charge is -2.09. The van der Waals surface area contributed by atoms with E-state index in [1.165, 1.54) is 45.5 Å². The molecule has 0 aromatic heterocycles. The van der Waals surface area contributed by atoms with E-state index in [0.717, 1.165) is 37.6 Å². The number of benzene rings is 4. The molecule has 174 valence electrons. The molecule has 4 heteroatoms. The van der Waals surface area contributed by atoms with Gasteiger partial charge in [-0.1, -0.05) is 48.5 Å². The summed E-state index contributed by atoms with van der Waals surface area (Å²) in [5.74, 6) is 1.84. The van der Waals surface area contributed by atoms with Crippen molar-refractivity contribution in [2.45, 2.75) is 37.9 Å². The lowest BCUT2D eigenvalue weighted by Crippen LogP contribution is -2.03. The van der Waals surface area contributed by atoms with Gasteiger partial charge in [0.05, 0.1) is 13.2 Å². The van der Waals surface area contributed by atoms with Crippen LogP contribution in [0.2, 0.25) is 0 Å². The van der Waals surface area contributed by atoms with Crippen LogP contribution >= 0.6 is 0 Å². The van der Waals surface area contributed by atoms with Crippen LogP contribution in [-0.2, 0) is 22.3 Å². The molecule has 2 saturated heterocycles. The van der Waals surface area contributed by atoms with Crippen molar-refractivity contribution < 1.29 is 18.9 Å². The van der Waals surface area contributed by atoms with Crippen LogP contribution in [0.1, 0.15) is 24.0 Å². The van der Waals surface area contributed by atoms with Crippen molar-refractivity contribution in [1.82, 2.24) is 0 Å². The zero-order chi connectivity index (χ0) is 22.7. The third-order valence-corrected chi connectivity index (χ3v) is 6.61. The van der Waals surface area contributed by atoms with Crippen LogP contribution in [0.15, 0.2) is 72.8 Å². The second kappa shape index (κ2) is 9.65. The van der Waals surface area contributed by atoms with E-state index in [2.05, 4.69) is 72.8 Å². The Kier molecular flexibility index (Phi) is 6.09. The van der Waals surface area contributed by atoms with Gasteiger partial charge in [0, 0.05) is 0 Å². The van der Waals surface area contributed by atoms with E-state index in [4.69, 9.17) is 18.9 Å². The monoisotopic (exact) mass is 454 g/mol. The molecule has 34 heavy (non-hydrogen) atoms. The molecule has 2 fully saturated rings. The highest BCUT2D eigenvalue weighted by Gasteiger charge is 2.23. The van der Waals surface area contributed by atoms with Gasteiger partial charge in [-0.2, -0.15) is 0 Å². The van der Waals surface area contributed by atoms with E-state index in [1.54, 1.807) is 0 Å². The molecule has 4 aromatic rings. The first-order valence-electron chi connectivity index (χ1n) is 12.3. The van der Waals surface area contributed by atoms with Crippen molar-refractivity contribution >= 4 is 21.5 Å². The molecule has 0 saturated carbocycles. The molecule has 2 aliphatic heterocycles. The summed E-state index contributed by atoms with van der Waals surface area (Å²) in [4.78, 5) is 0. The molecule has 6 rings (SSSR count). The summed E-state index contributed by atoms with van der Waals surface area (Å²) in [5, 5.41) is 5.00. The van der Waals surface area contributed by atoms with Crippen LogP contribution in [0.5, 0.6) is 11.5 Å². The van der Waals surface area contributed by atoms with Gasteiger partial charge in [0.25, 0.3) is 0 Å². The Morgan fingerprint density at radius 1 is 0.559 bits per heavy atom. The van der Waals surface area contributed by atoms with Crippen LogP contribution in [0, 0.1) is 0 Å². The van der Waals surface area contributed by atoms with Gasteiger partial charge in [0.1, 0.15) is 36.9 Å². The summed E-state index contributed by atoms with van der Waals surface area (Å²) in [6.45, 7) is 2.94. The minimum Gasteiger partial charge on any atom is -0.491 e. The number of aryl methyl sites for hydroxylation is 2. The van der Waals surface area contributed by atoms with Crippen molar-refractivity contribution in [3.05, 3.63) is 83.9 Å². The van der Waals surface area contributed by atoms with E-state index >= 15 is 0 Å². The molecule has 0 amide bonds. The Bertz CT molecular complexity index is 1190. The highest BCUT2D eigenvalue weighted by Crippen LogP contribution is 2.26. The largest absolute Gasteiger partial charge is 0.491 e. The normalized spacial score (nSPS) is 18.8. The summed E-state index contributed by atoms with van der Waals surface area (Å²) in [5.41, 5.74) is 2.80. The number of rotatable bonds is 11. The summed E-state index contributed by atoms with van der Waals surface area (Å²) < 4.78 is 22.0. The number of hydrogen-bond donors (Lipinski definition) is 0. The molecule has 0 N–H and O–H groups in total. The van der Waals surface area contributed by atoms with E-state index in [1.807, 2.05) is 0 Å². The van der Waals surface area contributed by atoms with Crippen molar-refractivity contribution in [3.63, 3.8) is 0 Å². The Labute approximate surface area is 200 Å². The SMILES string of the molecule is c1cc2cc(OCC3CO3)ccc2cc1CCCCc1ccc2cc(OCC3CO3)ccc2c1. The molecular weight excluding hydrogens is 424 g/mol. The molecule has 0 radical (unpaired) electrons. The second-order valence-electron chi connectivity index (χ2n) is 9.43. The number of ether oxygens (including phenoxy) is 4. The fourth-order valence-electron chi connectivity index (χ4n) is 4.40. The van der Waals surface area contributed by atoms with Crippen LogP contribution in [0.25, 0.3) is 21.5 Å². The second-order valence-corrected chi connectivity index (χ2v) is 9.43. The number of unbranched alkanes of at least 4 members (excludes halogenated alkanes) is 1. The van der Waals surface area contributed by atoms with E-state index in [0.29, 0.717) is 13.2 Å². The Morgan fingerprint density at radius 2 is 0.971 bits per heavy atom. The summed E-state index contributed by atoms with van der Waals surface area (Å²) in [7, 11) is 0. The molecule has 2 aliphatic rings. The molecule has 0 bridgehead atoms. The number of hydrogen-bond acceptors (Lipinski definition) is 4. The van der Waals surface area contributed by atoms with Gasteiger partial charge in [-0.15, -0.1) is 0 Å². The zero-order valence-corrected chi connectivity index (χ0v) is 19.4. The summed E-state index contributed by atoms with van der Waals surface area (Å²) >= 11 is 0. The predicted octanol–water partition coefficient (Wildman–Crippen LogP) is 6.11. The van der Waals surface area contributed by atoms with Gasteiger partial charge in [-0.3, -0.25) is 0 Å². The molecule has 0 aliphatic carbocycles. The average molecular weight is 455 g/mol. The van der Waals surface area contributed by atoms with Crippen LogP contribution in [-0.4, -0.2) is 38.6 Å². The van der Waals surface area contributed by atoms with Gasteiger partial charge < -0.3 is 18.9 Å². The first-order chi connectivity index (χ1) is 16.8. The molecule has 2 heterocycles. The minimum atomic E-state index is 0.285. The van der Waals surface area contributed by atoms with Crippen LogP contribution in [0.3, 0.4) is 0 Å². The van der Waals surface area contributed by atoms with E-state index < -0.39 is 0 Å². The third kappa shape index (κ3) is 5.52. The molecule has 4 nitrogen and oxygen atoms in total. The Balaban J connectivity index is 1.00. The molecule has 4 aromatic carbocycles. The van der Waals surface area contributed by atoms with Gasteiger partial charge in [-0.25, -0.2) is 0 Å². The van der Waals surface area contributed by atoms with Crippen molar-refractivity contribution in [3.8, 4) is 11.5 Å². The molecule has 2 atom stereocenters. The standard InChI is InChI=1S/C30H30O4/c1(3-21-5-7-25-15-27(11-9-23(25)13-21)31-17-29-19-33-29)2-4-22-6-8-26-16-28(12-10-24(26)14-22)32-18-30-20-34-30/h5-16,29-30H,1-4,17-20H2. The minimum absolute atomic E-state index is 0.285. The van der Waals surface area contributed by atoms with E-state index in [-0.39, 0.29) is 12.2 Å². The highest BCUT2D eigenvalue weighted by molar-refractivity contribution is 5.85. The molecule has 0 spiro atoms. The van der Waals surface area contributed by atoms with Gasteiger partial charge >= 0.3 is 0 Å². The van der Waals surface area contributed by atoms with E-state index in [9.17, 15) is 0 Å².